The average molecular weight is 334 g/mol. The van der Waals surface area contributed by atoms with Crippen LogP contribution in [0, 0.1) is 0 Å². The van der Waals surface area contributed by atoms with Crippen LogP contribution in [0.5, 0.6) is 0 Å². The van der Waals surface area contributed by atoms with Crippen molar-refractivity contribution in [1.82, 2.24) is 0 Å². The maximum Gasteiger partial charge on any atom is 0.0698 e. The monoisotopic (exact) mass is 333 g/mol. The molecule has 2 aliphatic carbocycles. The van der Waals surface area contributed by atoms with Gasteiger partial charge in [0.2, 0.25) is 0 Å². The van der Waals surface area contributed by atoms with E-state index in [-0.39, 0.29) is 28.3 Å². The van der Waals surface area contributed by atoms with Gasteiger partial charge in [0.15, 0.2) is 0 Å². The molecule has 0 aromatic carbocycles. The Morgan fingerprint density at radius 3 is 1.31 bits per heavy atom. The molecule has 98 valence electrons. The fourth-order valence-corrected chi connectivity index (χ4v) is 9.21. The molecule has 0 aromatic rings. The Labute approximate surface area is 117 Å². The summed E-state index contributed by atoms with van der Waals surface area (Å²) in [6.45, 7) is 7.58. The van der Waals surface area contributed by atoms with Gasteiger partial charge in [-0.3, -0.25) is 0 Å². The van der Waals surface area contributed by atoms with Gasteiger partial charge in [0.25, 0.3) is 0 Å². The first-order valence-electron chi connectivity index (χ1n) is 6.96. The van der Waals surface area contributed by atoms with Crippen LogP contribution in [0.2, 0.25) is 0 Å². The van der Waals surface area contributed by atoms with E-state index < -0.39 is 0 Å². The standard InChI is InChI=1S/C14H27P.Pd/c1-14(2,3)15(12-8-4-5-9-12)13-10-6-7-11-13;/h12-13H,4-11H2,1-3H3;/p+1. The second kappa shape index (κ2) is 6.32. The van der Waals surface area contributed by atoms with Crippen LogP contribution < -0.4 is 0 Å². The van der Waals surface area contributed by atoms with Crippen molar-refractivity contribution in [2.24, 2.45) is 0 Å². The average Bonchev–Trinajstić information content (AvgIpc) is 2.73. The summed E-state index contributed by atoms with van der Waals surface area (Å²) in [7, 11) is -0.115. The quantitative estimate of drug-likeness (QED) is 0.499. The summed E-state index contributed by atoms with van der Waals surface area (Å²) in [5.74, 6) is 0. The predicted octanol–water partition coefficient (Wildman–Crippen LogP) is 4.88. The molecule has 2 fully saturated rings. The normalized spacial score (nSPS) is 24.0. The molecule has 0 radical (unpaired) electrons. The van der Waals surface area contributed by atoms with Crippen molar-refractivity contribution in [3.05, 3.63) is 0 Å². The SMILES string of the molecule is CC(C)(C)[PH+](C1CCCC1)C1CCCC1.[Pd]. The van der Waals surface area contributed by atoms with E-state index in [1.54, 1.807) is 25.7 Å². The van der Waals surface area contributed by atoms with E-state index in [4.69, 9.17) is 0 Å². The zero-order valence-electron chi connectivity index (χ0n) is 11.1. The van der Waals surface area contributed by atoms with Crippen LogP contribution in [0.25, 0.3) is 0 Å². The Bertz CT molecular complexity index is 181. The van der Waals surface area contributed by atoms with Crippen LogP contribution in [0.4, 0.5) is 0 Å². The third-order valence-electron chi connectivity index (χ3n) is 4.46. The van der Waals surface area contributed by atoms with Crippen molar-refractivity contribution in [3.8, 4) is 0 Å². The molecule has 0 bridgehead atoms. The molecule has 2 saturated carbocycles. The third-order valence-corrected chi connectivity index (χ3v) is 9.10. The Morgan fingerprint density at radius 2 is 1.06 bits per heavy atom. The summed E-state index contributed by atoms with van der Waals surface area (Å²) in [4.78, 5) is 0. The van der Waals surface area contributed by atoms with Crippen LogP contribution in [-0.4, -0.2) is 16.5 Å². The van der Waals surface area contributed by atoms with Crippen LogP contribution in [0.3, 0.4) is 0 Å². The third kappa shape index (κ3) is 3.54. The largest absolute Gasteiger partial charge is 0.0698 e. The molecular formula is C14H28PPd+. The van der Waals surface area contributed by atoms with Crippen LogP contribution in [0.1, 0.15) is 72.1 Å². The first kappa shape index (κ1) is 15.2. The Morgan fingerprint density at radius 1 is 0.750 bits per heavy atom. The summed E-state index contributed by atoms with van der Waals surface area (Å²) < 4.78 is 0. The number of hydrogen-bond donors (Lipinski definition) is 0. The van der Waals surface area contributed by atoms with Crippen molar-refractivity contribution >= 4 is 7.92 Å². The Kier molecular flexibility index (Phi) is 5.98. The van der Waals surface area contributed by atoms with Gasteiger partial charge in [-0.25, -0.2) is 0 Å². The molecule has 0 unspecified atom stereocenters. The second-order valence-corrected chi connectivity index (χ2v) is 10.7. The van der Waals surface area contributed by atoms with Crippen LogP contribution >= 0.6 is 7.92 Å². The smallest absolute Gasteiger partial charge is 0.0494 e. The Hall–Kier alpha value is 1.09. The molecule has 0 spiro atoms. The van der Waals surface area contributed by atoms with Gasteiger partial charge in [-0.2, -0.15) is 0 Å². The van der Waals surface area contributed by atoms with E-state index >= 15 is 0 Å². The Balaban J connectivity index is 0.00000128. The first-order chi connectivity index (χ1) is 7.09. The van der Waals surface area contributed by atoms with Gasteiger partial charge in [0.05, 0.1) is 16.5 Å². The van der Waals surface area contributed by atoms with E-state index in [0.717, 1.165) is 11.3 Å². The summed E-state index contributed by atoms with van der Waals surface area (Å²) in [6.07, 6.45) is 12.4. The molecule has 2 rings (SSSR count). The van der Waals surface area contributed by atoms with E-state index in [1.807, 2.05) is 0 Å². The molecule has 16 heavy (non-hydrogen) atoms. The molecule has 2 aliphatic rings. The summed E-state index contributed by atoms with van der Waals surface area (Å²) in [6, 6.07) is 0. The molecule has 0 atom stereocenters. The first-order valence-corrected chi connectivity index (χ1v) is 8.62. The summed E-state index contributed by atoms with van der Waals surface area (Å²) >= 11 is 0. The number of hydrogen-bond acceptors (Lipinski definition) is 0. The van der Waals surface area contributed by atoms with Crippen molar-refractivity contribution in [2.75, 3.05) is 0 Å². The van der Waals surface area contributed by atoms with Crippen LogP contribution in [0.15, 0.2) is 0 Å². The molecule has 0 aromatic heterocycles. The van der Waals surface area contributed by atoms with Gasteiger partial charge >= 0.3 is 0 Å². The van der Waals surface area contributed by atoms with Gasteiger partial charge in [0.1, 0.15) is 0 Å². The molecule has 0 aliphatic heterocycles. The second-order valence-electron chi connectivity index (χ2n) is 6.67. The number of rotatable bonds is 2. The minimum absolute atomic E-state index is 0. The fourth-order valence-electron chi connectivity index (χ4n) is 4.03. The molecule has 0 nitrogen and oxygen atoms in total. The van der Waals surface area contributed by atoms with E-state index in [9.17, 15) is 0 Å². The van der Waals surface area contributed by atoms with Crippen molar-refractivity contribution in [3.63, 3.8) is 0 Å². The predicted molar refractivity (Wildman–Crippen MR) is 72.6 cm³/mol. The maximum absolute atomic E-state index is 2.53. The van der Waals surface area contributed by atoms with E-state index in [1.165, 1.54) is 25.7 Å². The fraction of sp³-hybridized carbons (Fsp3) is 1.00. The van der Waals surface area contributed by atoms with Gasteiger partial charge in [0, 0.05) is 28.3 Å². The summed E-state index contributed by atoms with van der Waals surface area (Å²) in [5.41, 5.74) is 2.33. The molecular weight excluding hydrogens is 306 g/mol. The van der Waals surface area contributed by atoms with Crippen molar-refractivity contribution < 1.29 is 20.4 Å². The molecule has 0 saturated heterocycles. The molecule has 0 amide bonds. The topological polar surface area (TPSA) is 0 Å². The molecule has 2 heteroatoms. The minimum Gasteiger partial charge on any atom is -0.0494 e. The zero-order chi connectivity index (χ0) is 10.9. The van der Waals surface area contributed by atoms with Crippen molar-refractivity contribution in [1.29, 1.82) is 0 Å². The summed E-state index contributed by atoms with van der Waals surface area (Å²) in [5, 5.41) is 0.648. The van der Waals surface area contributed by atoms with E-state index in [2.05, 4.69) is 20.8 Å². The van der Waals surface area contributed by atoms with E-state index in [0.29, 0.717) is 5.16 Å². The van der Waals surface area contributed by atoms with Gasteiger partial charge in [-0.05, 0) is 72.1 Å². The minimum atomic E-state index is -0.115. The van der Waals surface area contributed by atoms with Gasteiger partial charge < -0.3 is 0 Å². The van der Waals surface area contributed by atoms with Crippen molar-refractivity contribution in [2.45, 2.75) is 88.6 Å². The van der Waals surface area contributed by atoms with Crippen LogP contribution in [-0.2, 0) is 20.4 Å². The van der Waals surface area contributed by atoms with Gasteiger partial charge in [-0.1, -0.05) is 0 Å². The van der Waals surface area contributed by atoms with Gasteiger partial charge in [-0.15, -0.1) is 0 Å². The zero-order valence-corrected chi connectivity index (χ0v) is 13.7. The molecule has 0 heterocycles. The molecule has 0 N–H and O–H groups in total. The maximum atomic E-state index is 2.53.